The number of thioether (sulfide) groups is 1. The minimum Gasteiger partial charge on any atom is -0.495 e. The zero-order valence-electron chi connectivity index (χ0n) is 19.8. The summed E-state index contributed by atoms with van der Waals surface area (Å²) in [5.74, 6) is -0.0932. The molecule has 1 aromatic heterocycles. The van der Waals surface area contributed by atoms with Gasteiger partial charge in [0.15, 0.2) is 5.16 Å². The Kier molecular flexibility index (Phi) is 7.30. The Labute approximate surface area is 227 Å². The molecule has 4 nitrogen and oxygen atoms in total. The number of rotatable bonds is 7. The first-order valence-electron chi connectivity index (χ1n) is 11.6. The lowest BCUT2D eigenvalue weighted by Gasteiger charge is -2.34. The number of carbonyl (C=O) groups excluding carboxylic acids is 1. The summed E-state index contributed by atoms with van der Waals surface area (Å²) < 4.78 is 35.7. The van der Waals surface area contributed by atoms with E-state index in [0.717, 1.165) is 24.0 Å². The summed E-state index contributed by atoms with van der Waals surface area (Å²) in [6.45, 7) is 0. The summed E-state index contributed by atoms with van der Waals surface area (Å²) in [6, 6.07) is 15.9. The number of halogens is 4. The molecule has 0 radical (unpaired) electrons. The van der Waals surface area contributed by atoms with E-state index in [-0.39, 0.29) is 11.6 Å². The van der Waals surface area contributed by atoms with Crippen LogP contribution in [0.25, 0.3) is 5.69 Å². The average Bonchev–Trinajstić information content (AvgIpc) is 3.28. The molecule has 0 bridgehead atoms. The number of hydrogen-bond donors (Lipinski definition) is 0. The molecule has 1 atom stereocenters. The van der Waals surface area contributed by atoms with Crippen molar-refractivity contribution in [2.24, 2.45) is 0 Å². The van der Waals surface area contributed by atoms with Gasteiger partial charge in [0.25, 0.3) is 0 Å². The zero-order chi connectivity index (χ0) is 26.2. The van der Waals surface area contributed by atoms with E-state index in [1.165, 1.54) is 37.1 Å². The topological polar surface area (TPSA) is 44.1 Å². The highest BCUT2D eigenvalue weighted by Crippen LogP contribution is 2.46. The normalized spacial score (nSPS) is 16.9. The summed E-state index contributed by atoms with van der Waals surface area (Å²) in [6.07, 6.45) is 2.89. The standard InChI is InChI=1S/C28H22Cl2F2N2O2S/c1-36-25-14-17(7-12-22(25)30)28(16-35)13-3-6-24-26(28)34(19-10-8-18(31)9-11-19)27(33-24)37-15-20-21(29)4-2-5-23(20)32/h2,4-5,7-12,14,16H,3,6,13,15H2,1H3. The van der Waals surface area contributed by atoms with Crippen molar-refractivity contribution in [3.63, 3.8) is 0 Å². The van der Waals surface area contributed by atoms with Crippen LogP contribution in [-0.4, -0.2) is 22.9 Å². The third-order valence-corrected chi connectivity index (χ3v) is 8.32. The van der Waals surface area contributed by atoms with Gasteiger partial charge in [0.05, 0.1) is 28.9 Å². The number of methoxy groups -OCH3 is 1. The van der Waals surface area contributed by atoms with Gasteiger partial charge in [-0.05, 0) is 73.4 Å². The lowest BCUT2D eigenvalue weighted by molar-refractivity contribution is -0.112. The molecule has 0 fully saturated rings. The lowest BCUT2D eigenvalue weighted by Crippen LogP contribution is -2.36. The second-order valence-electron chi connectivity index (χ2n) is 8.78. The van der Waals surface area contributed by atoms with E-state index in [9.17, 15) is 13.6 Å². The van der Waals surface area contributed by atoms with Gasteiger partial charge >= 0.3 is 0 Å². The predicted octanol–water partition coefficient (Wildman–Crippen LogP) is 7.58. The van der Waals surface area contributed by atoms with E-state index in [1.807, 2.05) is 10.6 Å². The molecular weight excluding hydrogens is 537 g/mol. The molecule has 1 heterocycles. The monoisotopic (exact) mass is 558 g/mol. The van der Waals surface area contributed by atoms with Crippen molar-refractivity contribution in [1.29, 1.82) is 0 Å². The van der Waals surface area contributed by atoms with Gasteiger partial charge in [0, 0.05) is 22.0 Å². The molecule has 190 valence electrons. The molecule has 37 heavy (non-hydrogen) atoms. The van der Waals surface area contributed by atoms with E-state index in [0.29, 0.717) is 50.7 Å². The van der Waals surface area contributed by atoms with Gasteiger partial charge in [-0.25, -0.2) is 13.8 Å². The second kappa shape index (κ2) is 10.5. The molecule has 0 saturated heterocycles. The molecule has 0 amide bonds. The lowest BCUT2D eigenvalue weighted by atomic mass is 9.70. The smallest absolute Gasteiger partial charge is 0.173 e. The molecule has 9 heteroatoms. The van der Waals surface area contributed by atoms with Crippen LogP contribution in [0, 0.1) is 11.6 Å². The number of imidazole rings is 1. The number of aromatic nitrogens is 2. The van der Waals surface area contributed by atoms with Gasteiger partial charge < -0.3 is 9.53 Å². The summed E-state index contributed by atoms with van der Waals surface area (Å²) in [5, 5.41) is 1.33. The quantitative estimate of drug-likeness (QED) is 0.173. The number of aldehydes is 1. The Bertz CT molecular complexity index is 1460. The van der Waals surface area contributed by atoms with Crippen molar-refractivity contribution in [3.05, 3.63) is 105 Å². The fourth-order valence-electron chi connectivity index (χ4n) is 4.86. The highest BCUT2D eigenvalue weighted by molar-refractivity contribution is 7.98. The van der Waals surface area contributed by atoms with Crippen molar-refractivity contribution in [2.45, 2.75) is 35.6 Å². The largest absolute Gasteiger partial charge is 0.495 e. The molecule has 1 aliphatic rings. The van der Waals surface area contributed by atoms with Crippen LogP contribution in [-0.2, 0) is 22.4 Å². The van der Waals surface area contributed by atoms with Crippen molar-refractivity contribution in [3.8, 4) is 11.4 Å². The van der Waals surface area contributed by atoms with Crippen molar-refractivity contribution in [2.75, 3.05) is 7.11 Å². The van der Waals surface area contributed by atoms with Crippen LogP contribution in [0.15, 0.2) is 65.8 Å². The Morgan fingerprint density at radius 2 is 1.89 bits per heavy atom. The fourth-order valence-corrected chi connectivity index (χ4v) is 6.43. The zero-order valence-corrected chi connectivity index (χ0v) is 22.1. The molecule has 4 aromatic rings. The first-order chi connectivity index (χ1) is 17.9. The average molecular weight is 559 g/mol. The summed E-state index contributed by atoms with van der Waals surface area (Å²) >= 11 is 13.9. The van der Waals surface area contributed by atoms with Crippen LogP contribution >= 0.6 is 35.0 Å². The minimum absolute atomic E-state index is 0.228. The van der Waals surface area contributed by atoms with E-state index >= 15 is 0 Å². The van der Waals surface area contributed by atoms with Crippen LogP contribution in [0.3, 0.4) is 0 Å². The maximum absolute atomic E-state index is 14.5. The second-order valence-corrected chi connectivity index (χ2v) is 10.5. The highest BCUT2D eigenvalue weighted by Gasteiger charge is 2.43. The minimum atomic E-state index is -1.04. The highest BCUT2D eigenvalue weighted by atomic mass is 35.5. The summed E-state index contributed by atoms with van der Waals surface area (Å²) in [7, 11) is 1.52. The van der Waals surface area contributed by atoms with Crippen LogP contribution in [0.5, 0.6) is 5.75 Å². The van der Waals surface area contributed by atoms with E-state index in [4.69, 9.17) is 32.9 Å². The number of nitrogens with zero attached hydrogens (tertiary/aromatic N) is 2. The van der Waals surface area contributed by atoms with Crippen molar-refractivity contribution < 1.29 is 18.3 Å². The Hall–Kier alpha value is -2.87. The predicted molar refractivity (Wildman–Crippen MR) is 142 cm³/mol. The Morgan fingerprint density at radius 1 is 1.11 bits per heavy atom. The van der Waals surface area contributed by atoms with Gasteiger partial charge in [0.1, 0.15) is 23.7 Å². The first-order valence-corrected chi connectivity index (χ1v) is 13.4. The van der Waals surface area contributed by atoms with Gasteiger partial charge in [-0.3, -0.25) is 4.57 Å². The first kappa shape index (κ1) is 25.8. The molecule has 0 aliphatic heterocycles. The van der Waals surface area contributed by atoms with Crippen LogP contribution < -0.4 is 4.74 Å². The molecule has 0 spiro atoms. The van der Waals surface area contributed by atoms with E-state index in [2.05, 4.69) is 0 Å². The summed E-state index contributed by atoms with van der Waals surface area (Å²) in [5.41, 5.74) is 2.16. The van der Waals surface area contributed by atoms with Crippen LogP contribution in [0.2, 0.25) is 10.0 Å². The summed E-state index contributed by atoms with van der Waals surface area (Å²) in [4.78, 5) is 17.9. The van der Waals surface area contributed by atoms with Gasteiger partial charge in [0.2, 0.25) is 0 Å². The third-order valence-electron chi connectivity index (χ3n) is 6.69. The fraction of sp³-hybridized carbons (Fsp3) is 0.214. The molecule has 0 saturated carbocycles. The van der Waals surface area contributed by atoms with Gasteiger partial charge in [-0.2, -0.15) is 0 Å². The Morgan fingerprint density at radius 3 is 2.59 bits per heavy atom. The van der Waals surface area contributed by atoms with E-state index < -0.39 is 11.2 Å². The number of hydrogen-bond acceptors (Lipinski definition) is 4. The van der Waals surface area contributed by atoms with Gasteiger partial charge in [-0.1, -0.05) is 47.1 Å². The number of carbonyl (C=O) groups is 1. The number of fused-ring (bicyclic) bond motifs is 1. The number of aryl methyl sites for hydroxylation is 1. The molecule has 1 unspecified atom stereocenters. The van der Waals surface area contributed by atoms with Crippen molar-refractivity contribution in [1.82, 2.24) is 9.55 Å². The maximum Gasteiger partial charge on any atom is 0.173 e. The van der Waals surface area contributed by atoms with Crippen molar-refractivity contribution >= 4 is 41.2 Å². The number of benzene rings is 3. The molecular formula is C28H22Cl2F2N2O2S. The van der Waals surface area contributed by atoms with Crippen LogP contribution in [0.4, 0.5) is 8.78 Å². The SMILES string of the molecule is COc1cc(C2(C=O)CCCc3nc(SCc4c(F)cccc4Cl)n(-c4ccc(F)cc4)c32)ccc1Cl. The van der Waals surface area contributed by atoms with Crippen LogP contribution in [0.1, 0.15) is 35.4 Å². The van der Waals surface area contributed by atoms with Gasteiger partial charge in [-0.15, -0.1) is 0 Å². The molecule has 3 aromatic carbocycles. The third kappa shape index (κ3) is 4.65. The molecule has 0 N–H and O–H groups in total. The maximum atomic E-state index is 14.5. The number of ether oxygens (including phenoxy) is 1. The van der Waals surface area contributed by atoms with E-state index in [1.54, 1.807) is 36.4 Å². The molecule has 5 rings (SSSR count). The Balaban J connectivity index is 1.70. The molecule has 1 aliphatic carbocycles.